The molecule has 5 aromatic carbocycles. The highest BCUT2D eigenvalue weighted by atomic mass is 16.8. The molecule has 0 bridgehead atoms. The van der Waals surface area contributed by atoms with Crippen LogP contribution in [0.5, 0.6) is 28.7 Å². The van der Waals surface area contributed by atoms with Crippen molar-refractivity contribution in [2.75, 3.05) is 26.9 Å². The first-order valence-corrected chi connectivity index (χ1v) is 16.4. The van der Waals surface area contributed by atoms with Gasteiger partial charge in [0, 0.05) is 18.2 Å². The molecule has 0 saturated carbocycles. The summed E-state index contributed by atoms with van der Waals surface area (Å²) < 4.78 is 39.6. The van der Waals surface area contributed by atoms with Crippen LogP contribution in [0.4, 0.5) is 0 Å². The summed E-state index contributed by atoms with van der Waals surface area (Å²) in [4.78, 5) is 0. The highest BCUT2D eigenvalue weighted by Gasteiger charge is 2.22. The summed E-state index contributed by atoms with van der Waals surface area (Å²) in [5.41, 5.74) is 5.08. The van der Waals surface area contributed by atoms with Crippen LogP contribution in [0.3, 0.4) is 0 Å². The van der Waals surface area contributed by atoms with Gasteiger partial charge >= 0.3 is 0 Å². The number of epoxide rings is 1. The molecule has 0 spiro atoms. The molecule has 49 heavy (non-hydrogen) atoms. The molecule has 0 aromatic heterocycles. The molecule has 1 aliphatic heterocycles. The van der Waals surface area contributed by atoms with Crippen LogP contribution in [-0.2, 0) is 35.5 Å². The average molecular weight is 660 g/mol. The average Bonchev–Trinajstić information content (AvgIpc) is 3.97. The molecule has 0 aliphatic carbocycles. The van der Waals surface area contributed by atoms with E-state index in [0.717, 1.165) is 69.4 Å². The lowest BCUT2D eigenvalue weighted by Gasteiger charge is -2.14. The summed E-state index contributed by atoms with van der Waals surface area (Å²) in [7, 11) is 1.66. The molecule has 8 heteroatoms. The van der Waals surface area contributed by atoms with Crippen molar-refractivity contribution in [3.63, 3.8) is 0 Å². The first-order valence-electron chi connectivity index (χ1n) is 16.4. The lowest BCUT2D eigenvalue weighted by molar-refractivity contribution is 0.0435. The third kappa shape index (κ3) is 9.63. The van der Waals surface area contributed by atoms with E-state index < -0.39 is 0 Å². The molecule has 0 amide bonds. The van der Waals surface area contributed by atoms with E-state index in [4.69, 9.17) is 38.6 Å². The number of benzene rings is 5. The number of methoxy groups -OCH3 is 1. The van der Waals surface area contributed by atoms with E-state index in [-0.39, 0.29) is 6.29 Å². The quantitative estimate of drug-likeness (QED) is 0.0412. The number of fused-ring (bicyclic) bond motifs is 1. The minimum atomic E-state index is -0.00954. The standard InChI is InChI=1S/C41H41NO7/c1-3-44-36-14-8-31(9-15-36)26-47-38-17-10-29(21-35(38)25-42)5-6-30-11-18-39(40(23-30)43-2)48-27-32-7-12-34-24-37(16-13-33(34)22-32)45-19-4-20-46-41-28-49-41/h3,7-18,21-25,41-42H,1,4-6,19-20,26-28H2,2H3. The van der Waals surface area contributed by atoms with Gasteiger partial charge in [-0.15, -0.1) is 0 Å². The van der Waals surface area contributed by atoms with E-state index in [1.807, 2.05) is 54.6 Å². The maximum Gasteiger partial charge on any atom is 0.181 e. The summed E-state index contributed by atoms with van der Waals surface area (Å²) in [6.45, 7) is 6.33. The van der Waals surface area contributed by atoms with Crippen LogP contribution in [-0.4, -0.2) is 39.4 Å². The van der Waals surface area contributed by atoms with Crippen LogP contribution in [0.25, 0.3) is 10.8 Å². The highest BCUT2D eigenvalue weighted by Crippen LogP contribution is 2.31. The first-order chi connectivity index (χ1) is 24.1. The Morgan fingerprint density at radius 2 is 1.35 bits per heavy atom. The fourth-order valence-corrected chi connectivity index (χ4v) is 5.41. The second kappa shape index (κ2) is 16.7. The Kier molecular flexibility index (Phi) is 11.4. The van der Waals surface area contributed by atoms with E-state index in [1.165, 1.54) is 12.5 Å². The SMILES string of the molecule is C=COc1ccc(COc2ccc(CCc3ccc(OCc4ccc5cc(OCCCOC6CO6)ccc5c4)c(OC)c3)cc2C=N)cc1. The van der Waals surface area contributed by atoms with E-state index >= 15 is 0 Å². The largest absolute Gasteiger partial charge is 0.493 e. The maximum atomic E-state index is 7.93. The number of hydrogen-bond donors (Lipinski definition) is 1. The molecule has 1 aliphatic rings. The van der Waals surface area contributed by atoms with E-state index in [0.29, 0.717) is 50.3 Å². The monoisotopic (exact) mass is 659 g/mol. The highest BCUT2D eigenvalue weighted by molar-refractivity contribution is 5.84. The van der Waals surface area contributed by atoms with Crippen LogP contribution in [0.15, 0.2) is 110 Å². The molecule has 1 heterocycles. The van der Waals surface area contributed by atoms with Gasteiger partial charge in [0.25, 0.3) is 0 Å². The van der Waals surface area contributed by atoms with Gasteiger partial charge in [0.1, 0.15) is 37.1 Å². The van der Waals surface area contributed by atoms with Gasteiger partial charge in [-0.05, 0) is 100 Å². The van der Waals surface area contributed by atoms with Crippen LogP contribution >= 0.6 is 0 Å². The Labute approximate surface area is 287 Å². The predicted octanol–water partition coefficient (Wildman–Crippen LogP) is 8.45. The molecule has 8 nitrogen and oxygen atoms in total. The molecule has 1 saturated heterocycles. The zero-order valence-electron chi connectivity index (χ0n) is 27.7. The topological polar surface area (TPSA) is 91.8 Å². The second-order valence-electron chi connectivity index (χ2n) is 11.7. The summed E-state index contributed by atoms with van der Waals surface area (Å²) in [5, 5.41) is 10.2. The van der Waals surface area contributed by atoms with Crippen molar-refractivity contribution in [1.29, 1.82) is 5.41 Å². The van der Waals surface area contributed by atoms with Crippen molar-refractivity contribution < 1.29 is 33.2 Å². The Bertz CT molecular complexity index is 1870. The van der Waals surface area contributed by atoms with Gasteiger partial charge in [-0.1, -0.05) is 49.0 Å². The summed E-state index contributed by atoms with van der Waals surface area (Å²) in [6, 6.07) is 32.2. The molecule has 1 atom stereocenters. The van der Waals surface area contributed by atoms with Crippen LogP contribution in [0, 0.1) is 5.41 Å². The van der Waals surface area contributed by atoms with E-state index in [1.54, 1.807) is 7.11 Å². The third-order valence-corrected chi connectivity index (χ3v) is 8.13. The third-order valence-electron chi connectivity index (χ3n) is 8.13. The Morgan fingerprint density at radius 1 is 0.694 bits per heavy atom. The normalized spacial score (nSPS) is 13.4. The molecule has 0 radical (unpaired) electrons. The number of rotatable bonds is 19. The minimum absolute atomic E-state index is 0.00954. The molecule has 5 aromatic rings. The van der Waals surface area contributed by atoms with Gasteiger partial charge in [-0.25, -0.2) is 0 Å². The molecule has 1 N–H and O–H groups in total. The molecule has 252 valence electrons. The Balaban J connectivity index is 0.995. The van der Waals surface area contributed by atoms with Crippen molar-refractivity contribution in [2.45, 2.75) is 38.8 Å². The van der Waals surface area contributed by atoms with Crippen molar-refractivity contribution in [1.82, 2.24) is 0 Å². The zero-order valence-corrected chi connectivity index (χ0v) is 27.7. The van der Waals surface area contributed by atoms with Gasteiger partial charge in [0.05, 0.1) is 26.6 Å². The molecule has 6 rings (SSSR count). The Hall–Kier alpha value is -5.31. The second-order valence-corrected chi connectivity index (χ2v) is 11.7. The fourth-order valence-electron chi connectivity index (χ4n) is 5.41. The summed E-state index contributed by atoms with van der Waals surface area (Å²) in [5.74, 6) is 3.64. The number of hydrogen-bond acceptors (Lipinski definition) is 8. The zero-order chi connectivity index (χ0) is 33.8. The van der Waals surface area contributed by atoms with Crippen molar-refractivity contribution in [3.05, 3.63) is 138 Å². The van der Waals surface area contributed by atoms with Crippen LogP contribution in [0.2, 0.25) is 0 Å². The number of ether oxygens (including phenoxy) is 7. The molecular weight excluding hydrogens is 618 g/mol. The minimum Gasteiger partial charge on any atom is -0.493 e. The lowest BCUT2D eigenvalue weighted by atomic mass is 10.0. The molecule has 1 unspecified atom stereocenters. The van der Waals surface area contributed by atoms with Gasteiger partial charge in [0.15, 0.2) is 17.8 Å². The molecular formula is C41H41NO7. The lowest BCUT2D eigenvalue weighted by Crippen LogP contribution is -2.04. The predicted molar refractivity (Wildman–Crippen MR) is 190 cm³/mol. The van der Waals surface area contributed by atoms with E-state index in [9.17, 15) is 0 Å². The summed E-state index contributed by atoms with van der Waals surface area (Å²) >= 11 is 0. The Morgan fingerprint density at radius 3 is 2.10 bits per heavy atom. The summed E-state index contributed by atoms with van der Waals surface area (Å²) in [6.07, 6.45) is 5.17. The first kappa shape index (κ1) is 33.6. The van der Waals surface area contributed by atoms with E-state index in [2.05, 4.69) is 49.0 Å². The smallest absolute Gasteiger partial charge is 0.181 e. The van der Waals surface area contributed by atoms with Crippen LogP contribution in [0.1, 0.15) is 34.2 Å². The number of aryl methyl sites for hydroxylation is 2. The van der Waals surface area contributed by atoms with Crippen molar-refractivity contribution >= 4 is 17.0 Å². The van der Waals surface area contributed by atoms with Gasteiger partial charge in [-0.2, -0.15) is 0 Å². The van der Waals surface area contributed by atoms with Crippen molar-refractivity contribution in [2.24, 2.45) is 0 Å². The van der Waals surface area contributed by atoms with Crippen molar-refractivity contribution in [3.8, 4) is 28.7 Å². The number of nitrogens with one attached hydrogen (secondary N) is 1. The fraction of sp³-hybridized carbons (Fsp3) is 0.244. The van der Waals surface area contributed by atoms with Gasteiger partial charge in [0.2, 0.25) is 0 Å². The molecule has 1 fully saturated rings. The van der Waals surface area contributed by atoms with Crippen LogP contribution < -0.4 is 23.7 Å². The maximum absolute atomic E-state index is 7.93. The van der Waals surface area contributed by atoms with Gasteiger partial charge in [-0.3, -0.25) is 0 Å². The van der Waals surface area contributed by atoms with Gasteiger partial charge < -0.3 is 38.6 Å².